The largest absolute Gasteiger partial charge is 0.336 e. The van der Waals surface area contributed by atoms with E-state index in [4.69, 9.17) is 0 Å². The minimum absolute atomic E-state index is 0.0828. The van der Waals surface area contributed by atoms with Crippen LogP contribution in [0, 0.1) is 6.92 Å². The molecule has 168 valence electrons. The number of benzene rings is 2. The van der Waals surface area contributed by atoms with Crippen LogP contribution in [0.4, 0.5) is 5.69 Å². The number of hydrogen-bond acceptors (Lipinski definition) is 5. The van der Waals surface area contributed by atoms with Gasteiger partial charge in [0.25, 0.3) is 15.9 Å². The van der Waals surface area contributed by atoms with Crippen LogP contribution in [0.15, 0.2) is 70.9 Å². The molecule has 4 rings (SSSR count). The Morgan fingerprint density at radius 2 is 1.78 bits per heavy atom. The van der Waals surface area contributed by atoms with Gasteiger partial charge in [-0.2, -0.15) is 0 Å². The van der Waals surface area contributed by atoms with E-state index in [-0.39, 0.29) is 10.8 Å². The molecule has 8 heteroatoms. The summed E-state index contributed by atoms with van der Waals surface area (Å²) in [6.07, 6.45) is 1.03. The fourth-order valence-electron chi connectivity index (χ4n) is 3.80. The molecule has 0 spiro atoms. The Bertz CT molecular complexity index is 1170. The van der Waals surface area contributed by atoms with E-state index in [0.717, 1.165) is 31.6 Å². The number of piperazine rings is 1. The van der Waals surface area contributed by atoms with Crippen molar-refractivity contribution in [2.45, 2.75) is 18.2 Å². The molecule has 1 aliphatic rings. The van der Waals surface area contributed by atoms with Gasteiger partial charge in [0.2, 0.25) is 0 Å². The Labute approximate surface area is 193 Å². The van der Waals surface area contributed by atoms with Gasteiger partial charge in [0.1, 0.15) is 0 Å². The van der Waals surface area contributed by atoms with Crippen molar-refractivity contribution in [3.63, 3.8) is 0 Å². The molecular weight excluding hydrogens is 442 g/mol. The van der Waals surface area contributed by atoms with Crippen molar-refractivity contribution in [3.05, 3.63) is 82.0 Å². The summed E-state index contributed by atoms with van der Waals surface area (Å²) in [6, 6.07) is 17.7. The standard InChI is InChI=1S/C24H27N3O3S2/c1-19-5-2-7-21(17-19)25-32(29,30)23-9-3-6-20(18-23)24(28)27-14-12-26(13-15-27)11-10-22-8-4-16-31-22/h2-9,16-18,25H,10-15H2,1H3. The number of carbonyl (C=O) groups excluding carboxylic acids is 1. The molecule has 0 saturated carbocycles. The molecule has 2 heterocycles. The zero-order chi connectivity index (χ0) is 22.6. The smallest absolute Gasteiger partial charge is 0.261 e. The molecule has 1 aromatic heterocycles. The first-order chi connectivity index (χ1) is 15.4. The van der Waals surface area contributed by atoms with Crippen molar-refractivity contribution in [2.24, 2.45) is 0 Å². The quantitative estimate of drug-likeness (QED) is 0.571. The van der Waals surface area contributed by atoms with E-state index in [1.807, 2.05) is 13.0 Å². The molecule has 0 aliphatic carbocycles. The topological polar surface area (TPSA) is 69.7 Å². The highest BCUT2D eigenvalue weighted by molar-refractivity contribution is 7.92. The van der Waals surface area contributed by atoms with Gasteiger partial charge < -0.3 is 4.90 Å². The minimum atomic E-state index is -3.78. The second-order valence-electron chi connectivity index (χ2n) is 7.97. The Balaban J connectivity index is 1.38. The number of rotatable bonds is 7. The molecule has 6 nitrogen and oxygen atoms in total. The first-order valence-corrected chi connectivity index (χ1v) is 13.0. The van der Waals surface area contributed by atoms with Crippen LogP contribution in [0.25, 0.3) is 0 Å². The fourth-order valence-corrected chi connectivity index (χ4v) is 5.59. The Morgan fingerprint density at radius 1 is 1.00 bits per heavy atom. The molecular formula is C24H27N3O3S2. The average molecular weight is 470 g/mol. The minimum Gasteiger partial charge on any atom is -0.336 e. The van der Waals surface area contributed by atoms with Crippen LogP contribution in [0.1, 0.15) is 20.8 Å². The summed E-state index contributed by atoms with van der Waals surface area (Å²) >= 11 is 1.77. The highest BCUT2D eigenvalue weighted by atomic mass is 32.2. The lowest BCUT2D eigenvalue weighted by molar-refractivity contribution is 0.0638. The van der Waals surface area contributed by atoms with E-state index in [1.54, 1.807) is 46.6 Å². The molecule has 1 aliphatic heterocycles. The fraction of sp³-hybridized carbons (Fsp3) is 0.292. The van der Waals surface area contributed by atoms with Gasteiger partial charge in [-0.05, 0) is 60.7 Å². The Kier molecular flexibility index (Phi) is 6.93. The maximum Gasteiger partial charge on any atom is 0.261 e. The summed E-state index contributed by atoms with van der Waals surface area (Å²) < 4.78 is 28.3. The predicted molar refractivity (Wildman–Crippen MR) is 129 cm³/mol. The van der Waals surface area contributed by atoms with Crippen LogP contribution in [0.3, 0.4) is 0 Å². The van der Waals surface area contributed by atoms with Crippen molar-refractivity contribution < 1.29 is 13.2 Å². The van der Waals surface area contributed by atoms with E-state index in [1.165, 1.54) is 17.0 Å². The number of hydrogen-bond donors (Lipinski definition) is 1. The number of nitrogens with one attached hydrogen (secondary N) is 1. The van der Waals surface area contributed by atoms with Gasteiger partial charge in [0.15, 0.2) is 0 Å². The second kappa shape index (κ2) is 9.85. The lowest BCUT2D eigenvalue weighted by Crippen LogP contribution is -2.49. The van der Waals surface area contributed by atoms with Crippen LogP contribution in [-0.2, 0) is 16.4 Å². The summed E-state index contributed by atoms with van der Waals surface area (Å²) in [5, 5.41) is 2.09. The third-order valence-electron chi connectivity index (χ3n) is 5.58. The lowest BCUT2D eigenvalue weighted by atomic mass is 10.2. The van der Waals surface area contributed by atoms with Crippen LogP contribution in [0.5, 0.6) is 0 Å². The van der Waals surface area contributed by atoms with E-state index in [2.05, 4.69) is 27.1 Å². The van der Waals surface area contributed by atoms with Gasteiger partial charge >= 0.3 is 0 Å². The molecule has 0 unspecified atom stereocenters. The van der Waals surface area contributed by atoms with Crippen LogP contribution in [0.2, 0.25) is 0 Å². The SMILES string of the molecule is Cc1cccc(NS(=O)(=O)c2cccc(C(=O)N3CCN(CCc4cccs4)CC3)c2)c1. The van der Waals surface area contributed by atoms with Crippen LogP contribution < -0.4 is 4.72 Å². The summed E-state index contributed by atoms with van der Waals surface area (Å²) in [4.78, 5) is 18.7. The monoisotopic (exact) mass is 469 g/mol. The maximum atomic E-state index is 13.0. The molecule has 1 fully saturated rings. The molecule has 32 heavy (non-hydrogen) atoms. The van der Waals surface area contributed by atoms with Crippen molar-refractivity contribution >= 4 is 33.0 Å². The number of amides is 1. The second-order valence-corrected chi connectivity index (χ2v) is 10.7. The predicted octanol–water partition coefficient (Wildman–Crippen LogP) is 3.86. The highest BCUT2D eigenvalue weighted by Gasteiger charge is 2.23. The average Bonchev–Trinajstić information content (AvgIpc) is 3.31. The van der Waals surface area contributed by atoms with Gasteiger partial charge in [0.05, 0.1) is 4.90 Å². The highest BCUT2D eigenvalue weighted by Crippen LogP contribution is 2.19. The van der Waals surface area contributed by atoms with Gasteiger partial charge in [-0.25, -0.2) is 8.42 Å². The van der Waals surface area contributed by atoms with Gasteiger partial charge in [-0.3, -0.25) is 14.4 Å². The van der Waals surface area contributed by atoms with Crippen molar-refractivity contribution in [1.82, 2.24) is 9.80 Å². The van der Waals surface area contributed by atoms with E-state index in [0.29, 0.717) is 24.3 Å². The zero-order valence-electron chi connectivity index (χ0n) is 18.0. The van der Waals surface area contributed by atoms with Gasteiger partial charge in [-0.15, -0.1) is 11.3 Å². The first kappa shape index (κ1) is 22.5. The lowest BCUT2D eigenvalue weighted by Gasteiger charge is -2.34. The summed E-state index contributed by atoms with van der Waals surface area (Å²) in [7, 11) is -3.78. The van der Waals surface area contributed by atoms with Crippen LogP contribution in [-0.4, -0.2) is 56.8 Å². The molecule has 1 amide bonds. The molecule has 0 atom stereocenters. The third kappa shape index (κ3) is 5.56. The maximum absolute atomic E-state index is 13.0. The first-order valence-electron chi connectivity index (χ1n) is 10.6. The van der Waals surface area contributed by atoms with Crippen molar-refractivity contribution in [2.75, 3.05) is 37.4 Å². The van der Waals surface area contributed by atoms with E-state index in [9.17, 15) is 13.2 Å². The summed E-state index contributed by atoms with van der Waals surface area (Å²) in [5.41, 5.74) is 1.85. The van der Waals surface area contributed by atoms with Crippen molar-refractivity contribution in [3.8, 4) is 0 Å². The van der Waals surface area contributed by atoms with Gasteiger partial charge in [-0.1, -0.05) is 24.3 Å². The Morgan fingerprint density at radius 3 is 2.50 bits per heavy atom. The van der Waals surface area contributed by atoms with E-state index < -0.39 is 10.0 Å². The molecule has 0 bridgehead atoms. The third-order valence-corrected chi connectivity index (χ3v) is 7.89. The number of aryl methyl sites for hydroxylation is 1. The number of sulfonamides is 1. The number of thiophene rings is 1. The van der Waals surface area contributed by atoms with Gasteiger partial charge in [0, 0.05) is 48.9 Å². The van der Waals surface area contributed by atoms with Crippen LogP contribution >= 0.6 is 11.3 Å². The summed E-state index contributed by atoms with van der Waals surface area (Å²) in [6.45, 7) is 5.82. The molecule has 0 radical (unpaired) electrons. The zero-order valence-corrected chi connectivity index (χ0v) is 19.7. The summed E-state index contributed by atoms with van der Waals surface area (Å²) in [5.74, 6) is -0.129. The van der Waals surface area contributed by atoms with E-state index >= 15 is 0 Å². The number of nitrogens with zero attached hydrogens (tertiary/aromatic N) is 2. The number of anilines is 1. The Hall–Kier alpha value is -2.68. The normalized spacial score (nSPS) is 15.0. The van der Waals surface area contributed by atoms with Crippen molar-refractivity contribution in [1.29, 1.82) is 0 Å². The molecule has 3 aromatic rings. The number of carbonyl (C=O) groups is 1. The molecule has 1 saturated heterocycles. The molecule has 1 N–H and O–H groups in total. The molecule has 2 aromatic carbocycles.